The van der Waals surface area contributed by atoms with Crippen molar-refractivity contribution in [3.8, 4) is 11.8 Å². The van der Waals surface area contributed by atoms with Gasteiger partial charge < -0.3 is 19.7 Å². The summed E-state index contributed by atoms with van der Waals surface area (Å²) in [6.07, 6.45) is 2.44. The van der Waals surface area contributed by atoms with Gasteiger partial charge in [-0.15, -0.1) is 10.2 Å². The maximum Gasteiger partial charge on any atom is 0.272 e. The molecule has 4 rings (SSSR count). The van der Waals surface area contributed by atoms with Crippen molar-refractivity contribution in [2.24, 2.45) is 16.7 Å². The molecule has 1 amide bonds. The van der Waals surface area contributed by atoms with Gasteiger partial charge in [-0.05, 0) is 37.1 Å². The average molecular weight is 496 g/mol. The number of rotatable bonds is 6. The minimum Gasteiger partial charge on any atom is -0.489 e. The zero-order chi connectivity index (χ0) is 25.4. The Morgan fingerprint density at radius 3 is 2.40 bits per heavy atom. The van der Waals surface area contributed by atoms with E-state index >= 15 is 0 Å². The molecule has 2 aromatic rings. The number of hydrogen-bond acceptors (Lipinski definition) is 7. The third-order valence-electron chi connectivity index (χ3n) is 7.37. The summed E-state index contributed by atoms with van der Waals surface area (Å²) in [4.78, 5) is 26.1. The van der Waals surface area contributed by atoms with Crippen molar-refractivity contribution in [1.29, 1.82) is 5.26 Å². The van der Waals surface area contributed by atoms with E-state index in [-0.39, 0.29) is 40.5 Å². The molecule has 1 N–H and O–H groups in total. The molecule has 0 spiro atoms. The van der Waals surface area contributed by atoms with Crippen molar-refractivity contribution in [2.45, 2.75) is 52.7 Å². The van der Waals surface area contributed by atoms with Gasteiger partial charge in [0, 0.05) is 41.9 Å². The zero-order valence-corrected chi connectivity index (χ0v) is 21.2. The Morgan fingerprint density at radius 2 is 1.86 bits per heavy atom. The van der Waals surface area contributed by atoms with E-state index in [0.717, 1.165) is 32.2 Å². The van der Waals surface area contributed by atoms with Gasteiger partial charge in [-0.25, -0.2) is 0 Å². The summed E-state index contributed by atoms with van der Waals surface area (Å²) in [6, 6.07) is 10.4. The highest BCUT2D eigenvalue weighted by Gasteiger charge is 2.64. The smallest absolute Gasteiger partial charge is 0.272 e. The van der Waals surface area contributed by atoms with Gasteiger partial charge in [-0.1, -0.05) is 39.3 Å². The number of nitriles is 1. The lowest BCUT2D eigenvalue weighted by Crippen LogP contribution is -2.74. The van der Waals surface area contributed by atoms with Crippen LogP contribution in [0.4, 0.5) is 5.82 Å². The van der Waals surface area contributed by atoms with Crippen LogP contribution in [0.1, 0.15) is 56.6 Å². The van der Waals surface area contributed by atoms with Crippen LogP contribution in [-0.4, -0.2) is 47.6 Å². The maximum absolute atomic E-state index is 13.0. The summed E-state index contributed by atoms with van der Waals surface area (Å²) < 4.78 is 6.28. The predicted molar refractivity (Wildman–Crippen MR) is 132 cm³/mol. The van der Waals surface area contributed by atoms with Crippen molar-refractivity contribution in [2.75, 3.05) is 18.0 Å². The standard InChI is InChI=1S/C26H30ClN5O3/c1-25(2)23(26(3,4)24(25)35-18-6-5-17(14-28)19(27)13-18)29-22(34)20-7-8-21(31-30-20)32-11-9-16(15-33)10-12-32/h5-8,13,15-16,23-24H,9-12H2,1-4H3,(H,29,34)/t23-,24-. The van der Waals surface area contributed by atoms with E-state index in [4.69, 9.17) is 21.6 Å². The molecule has 0 radical (unpaired) electrons. The first-order valence-corrected chi connectivity index (χ1v) is 12.2. The Hall–Kier alpha value is -3.18. The molecule has 2 heterocycles. The third kappa shape index (κ3) is 4.70. The van der Waals surface area contributed by atoms with E-state index in [9.17, 15) is 9.59 Å². The number of nitrogens with one attached hydrogen (secondary N) is 1. The SMILES string of the molecule is CC1(C)[C@H](NC(=O)c2ccc(N3CCC(C=O)CC3)nn2)C(C)(C)[C@H]1Oc1ccc(C#N)c(Cl)c1. The number of amides is 1. The van der Waals surface area contributed by atoms with E-state index in [2.05, 4.69) is 48.1 Å². The van der Waals surface area contributed by atoms with Crippen LogP contribution >= 0.6 is 11.6 Å². The van der Waals surface area contributed by atoms with Crippen molar-refractivity contribution < 1.29 is 14.3 Å². The second-order valence-electron chi connectivity index (χ2n) is 10.5. The molecule has 9 heteroatoms. The highest BCUT2D eigenvalue weighted by Crippen LogP contribution is 2.55. The molecule has 1 aliphatic carbocycles. The summed E-state index contributed by atoms with van der Waals surface area (Å²) in [5.74, 6) is 1.13. The van der Waals surface area contributed by atoms with Crippen molar-refractivity contribution in [3.05, 3.63) is 46.6 Å². The summed E-state index contributed by atoms with van der Waals surface area (Å²) in [6.45, 7) is 9.71. The Morgan fingerprint density at radius 1 is 1.17 bits per heavy atom. The molecule has 2 fully saturated rings. The summed E-state index contributed by atoms with van der Waals surface area (Å²) >= 11 is 6.17. The lowest BCUT2D eigenvalue weighted by Gasteiger charge is -2.63. The number of hydrogen-bond donors (Lipinski definition) is 1. The monoisotopic (exact) mass is 495 g/mol. The van der Waals surface area contributed by atoms with E-state index in [1.807, 2.05) is 6.07 Å². The highest BCUT2D eigenvalue weighted by molar-refractivity contribution is 6.31. The van der Waals surface area contributed by atoms with E-state index in [1.165, 1.54) is 0 Å². The fourth-order valence-electron chi connectivity index (χ4n) is 5.68. The van der Waals surface area contributed by atoms with E-state index < -0.39 is 0 Å². The Kier molecular flexibility index (Phi) is 6.74. The molecular formula is C26H30ClN5O3. The first-order chi connectivity index (χ1) is 16.6. The fraction of sp³-hybridized carbons (Fsp3) is 0.500. The molecule has 1 aliphatic heterocycles. The number of aromatic nitrogens is 2. The molecule has 184 valence electrons. The number of nitrogens with zero attached hydrogens (tertiary/aromatic N) is 4. The molecule has 35 heavy (non-hydrogen) atoms. The van der Waals surface area contributed by atoms with Gasteiger partial charge >= 0.3 is 0 Å². The van der Waals surface area contributed by atoms with Crippen LogP contribution in [0.2, 0.25) is 5.02 Å². The zero-order valence-electron chi connectivity index (χ0n) is 20.4. The number of aldehydes is 1. The van der Waals surface area contributed by atoms with Crippen LogP contribution in [0.5, 0.6) is 5.75 Å². The first-order valence-electron chi connectivity index (χ1n) is 11.8. The number of carbonyl (C=O) groups excluding carboxylic acids is 2. The maximum atomic E-state index is 13.0. The van der Waals surface area contributed by atoms with Crippen molar-refractivity contribution in [1.82, 2.24) is 15.5 Å². The fourth-order valence-corrected chi connectivity index (χ4v) is 5.89. The molecular weight excluding hydrogens is 466 g/mol. The number of piperidine rings is 1. The van der Waals surface area contributed by atoms with Crippen LogP contribution in [0.15, 0.2) is 30.3 Å². The van der Waals surface area contributed by atoms with Crippen LogP contribution in [0.25, 0.3) is 0 Å². The average Bonchev–Trinajstić information content (AvgIpc) is 2.85. The second-order valence-corrected chi connectivity index (χ2v) is 10.9. The lowest BCUT2D eigenvalue weighted by molar-refractivity contribution is -0.164. The lowest BCUT2D eigenvalue weighted by atomic mass is 9.49. The van der Waals surface area contributed by atoms with Gasteiger partial charge in [0.1, 0.15) is 24.2 Å². The molecule has 1 saturated heterocycles. The normalized spacial score (nSPS) is 23.0. The topological polar surface area (TPSA) is 108 Å². The molecule has 1 saturated carbocycles. The molecule has 8 nitrogen and oxygen atoms in total. The first kappa shape index (κ1) is 24.9. The number of ether oxygens (including phenoxy) is 1. The number of anilines is 1. The Bertz CT molecular complexity index is 1130. The molecule has 1 aromatic heterocycles. The molecule has 0 bridgehead atoms. The van der Waals surface area contributed by atoms with Crippen LogP contribution < -0.4 is 15.0 Å². The molecule has 0 unspecified atom stereocenters. The molecule has 1 aromatic carbocycles. The molecule has 2 aliphatic rings. The van der Waals surface area contributed by atoms with Gasteiger partial charge in [-0.3, -0.25) is 4.79 Å². The molecule has 0 atom stereocenters. The van der Waals surface area contributed by atoms with Gasteiger partial charge in [0.25, 0.3) is 5.91 Å². The van der Waals surface area contributed by atoms with E-state index in [0.29, 0.717) is 22.2 Å². The number of halogens is 1. The van der Waals surface area contributed by atoms with Gasteiger partial charge in [0.05, 0.1) is 10.6 Å². The van der Waals surface area contributed by atoms with Crippen LogP contribution in [0, 0.1) is 28.1 Å². The van der Waals surface area contributed by atoms with Gasteiger partial charge in [-0.2, -0.15) is 5.26 Å². The quantitative estimate of drug-likeness (QED) is 0.602. The van der Waals surface area contributed by atoms with E-state index in [1.54, 1.807) is 30.3 Å². The highest BCUT2D eigenvalue weighted by atomic mass is 35.5. The van der Waals surface area contributed by atoms with Crippen LogP contribution in [0.3, 0.4) is 0 Å². The largest absolute Gasteiger partial charge is 0.489 e. The van der Waals surface area contributed by atoms with Crippen LogP contribution in [-0.2, 0) is 4.79 Å². The van der Waals surface area contributed by atoms with Crippen molar-refractivity contribution >= 4 is 29.6 Å². The second kappa shape index (κ2) is 9.46. The summed E-state index contributed by atoms with van der Waals surface area (Å²) in [7, 11) is 0. The van der Waals surface area contributed by atoms with Gasteiger partial charge in [0.15, 0.2) is 11.5 Å². The van der Waals surface area contributed by atoms with Crippen molar-refractivity contribution in [3.63, 3.8) is 0 Å². The minimum absolute atomic E-state index is 0.111. The number of benzene rings is 1. The Labute approximate surface area is 210 Å². The minimum atomic E-state index is -0.365. The third-order valence-corrected chi connectivity index (χ3v) is 7.68. The number of carbonyl (C=O) groups is 2. The Balaban J connectivity index is 1.41. The van der Waals surface area contributed by atoms with Gasteiger partial charge in [0.2, 0.25) is 0 Å². The summed E-state index contributed by atoms with van der Waals surface area (Å²) in [5, 5.41) is 21.0. The predicted octanol–water partition coefficient (Wildman–Crippen LogP) is 4.03. The summed E-state index contributed by atoms with van der Waals surface area (Å²) in [5.41, 5.74) is -0.0775.